The van der Waals surface area contributed by atoms with Crippen LogP contribution in [0.3, 0.4) is 0 Å². The molecule has 0 bridgehead atoms. The van der Waals surface area contributed by atoms with Crippen LogP contribution < -0.4 is 0 Å². The largest absolute Gasteiger partial charge is 0.463 e. The predicted octanol–water partition coefficient (Wildman–Crippen LogP) is 4.32. The van der Waals surface area contributed by atoms with Gasteiger partial charge in [0.1, 0.15) is 6.10 Å². The summed E-state index contributed by atoms with van der Waals surface area (Å²) in [6.45, 7) is 6.49. The highest BCUT2D eigenvalue weighted by atomic mass is 16.5. The van der Waals surface area contributed by atoms with Gasteiger partial charge in [0.25, 0.3) is 0 Å². The first-order valence-corrected chi connectivity index (χ1v) is 10.2. The lowest BCUT2D eigenvalue weighted by Gasteiger charge is -2.61. The third-order valence-electron chi connectivity index (χ3n) is 8.75. The monoisotopic (exact) mass is 334 g/mol. The average Bonchev–Trinajstić information content (AvgIpc) is 2.90. The molecule has 0 heterocycles. The summed E-state index contributed by atoms with van der Waals surface area (Å²) in [5, 5.41) is 11.1. The fourth-order valence-corrected chi connectivity index (χ4v) is 7.52. The molecule has 4 aliphatic carbocycles. The van der Waals surface area contributed by atoms with Crippen molar-refractivity contribution in [3.8, 4) is 0 Å². The Labute approximate surface area is 146 Å². The van der Waals surface area contributed by atoms with Gasteiger partial charge in [-0.3, -0.25) is 4.79 Å². The van der Waals surface area contributed by atoms with E-state index in [2.05, 4.69) is 13.8 Å². The van der Waals surface area contributed by atoms with Crippen LogP contribution >= 0.6 is 0 Å². The molecule has 0 spiro atoms. The molecular weight excluding hydrogens is 300 g/mol. The Morgan fingerprint density at radius 2 is 1.83 bits per heavy atom. The molecule has 0 amide bonds. The van der Waals surface area contributed by atoms with E-state index in [4.69, 9.17) is 4.74 Å². The van der Waals surface area contributed by atoms with Crippen LogP contribution in [0, 0.1) is 34.5 Å². The third kappa shape index (κ3) is 2.45. The molecule has 0 radical (unpaired) electrons. The summed E-state index contributed by atoms with van der Waals surface area (Å²) >= 11 is 0. The summed E-state index contributed by atoms with van der Waals surface area (Å²) in [5.74, 6) is 2.27. The normalized spacial score (nSPS) is 53.7. The zero-order valence-corrected chi connectivity index (χ0v) is 15.6. The predicted molar refractivity (Wildman–Crippen MR) is 93.3 cm³/mol. The Hall–Kier alpha value is -0.570. The van der Waals surface area contributed by atoms with Crippen LogP contribution in [0.2, 0.25) is 0 Å². The van der Waals surface area contributed by atoms with Crippen LogP contribution in [0.5, 0.6) is 0 Å². The zero-order chi connectivity index (χ0) is 17.1. The van der Waals surface area contributed by atoms with Crippen LogP contribution in [0.25, 0.3) is 0 Å². The minimum atomic E-state index is -0.155. The minimum Gasteiger partial charge on any atom is -0.463 e. The van der Waals surface area contributed by atoms with Gasteiger partial charge in [-0.05, 0) is 85.9 Å². The van der Waals surface area contributed by atoms with Crippen molar-refractivity contribution in [2.24, 2.45) is 34.5 Å². The number of rotatable bonds is 1. The maximum Gasteiger partial charge on any atom is 0.302 e. The summed E-state index contributed by atoms with van der Waals surface area (Å²) in [6, 6.07) is 0. The number of ether oxygens (including phenoxy) is 1. The molecule has 8 atom stereocenters. The van der Waals surface area contributed by atoms with Crippen molar-refractivity contribution in [3.05, 3.63) is 0 Å². The van der Waals surface area contributed by atoms with E-state index in [0.29, 0.717) is 28.6 Å². The first kappa shape index (κ1) is 16.9. The van der Waals surface area contributed by atoms with Crippen molar-refractivity contribution in [1.29, 1.82) is 0 Å². The van der Waals surface area contributed by atoms with Gasteiger partial charge in [-0.25, -0.2) is 0 Å². The summed E-state index contributed by atoms with van der Waals surface area (Å²) < 4.78 is 5.52. The Morgan fingerprint density at radius 3 is 2.58 bits per heavy atom. The van der Waals surface area contributed by atoms with E-state index >= 15 is 0 Å². The highest BCUT2D eigenvalue weighted by Crippen LogP contribution is 2.66. The molecule has 4 aliphatic rings. The number of esters is 1. The van der Waals surface area contributed by atoms with Crippen molar-refractivity contribution in [1.82, 2.24) is 0 Å². The fraction of sp³-hybridized carbons (Fsp3) is 0.952. The SMILES string of the molecule is CC(=O)O[C@H]1CC[C@@]2(C)[C@H](C1)C[C@@H](O)[C@H]1[C@@H]3CCC[C@@]3(C)CC[C@@H]12. The lowest BCUT2D eigenvalue weighted by atomic mass is 9.44. The van der Waals surface area contributed by atoms with E-state index in [1.54, 1.807) is 0 Å². The van der Waals surface area contributed by atoms with E-state index < -0.39 is 0 Å². The van der Waals surface area contributed by atoms with Crippen molar-refractivity contribution in [2.45, 2.75) is 90.8 Å². The Balaban J connectivity index is 1.58. The number of fused-ring (bicyclic) bond motifs is 5. The average molecular weight is 335 g/mol. The van der Waals surface area contributed by atoms with Crippen LogP contribution in [-0.4, -0.2) is 23.3 Å². The van der Waals surface area contributed by atoms with Gasteiger partial charge in [0.2, 0.25) is 0 Å². The molecular formula is C21H34O3. The lowest BCUT2D eigenvalue weighted by molar-refractivity contribution is -0.178. The maximum atomic E-state index is 11.3. The number of hydrogen-bond donors (Lipinski definition) is 1. The first-order valence-electron chi connectivity index (χ1n) is 10.2. The van der Waals surface area contributed by atoms with Gasteiger partial charge in [-0.1, -0.05) is 20.3 Å². The molecule has 4 rings (SSSR count). The smallest absolute Gasteiger partial charge is 0.302 e. The lowest BCUT2D eigenvalue weighted by Crippen LogP contribution is -2.58. The van der Waals surface area contributed by atoms with E-state index in [1.807, 2.05) is 0 Å². The second-order valence-electron chi connectivity index (χ2n) is 9.89. The highest BCUT2D eigenvalue weighted by molar-refractivity contribution is 5.66. The number of aliphatic hydroxyl groups is 1. The number of carbonyl (C=O) groups is 1. The molecule has 0 aromatic rings. The van der Waals surface area contributed by atoms with Crippen LogP contribution in [0.4, 0.5) is 0 Å². The summed E-state index contributed by atoms with van der Waals surface area (Å²) in [5.41, 5.74) is 0.824. The van der Waals surface area contributed by atoms with E-state index in [1.165, 1.54) is 39.0 Å². The van der Waals surface area contributed by atoms with Crippen molar-refractivity contribution in [3.63, 3.8) is 0 Å². The molecule has 1 N–H and O–H groups in total. The standard InChI is InChI=1S/C21H34O3/c1-13(22)24-15-6-10-21(3)14(11-15)12-18(23)19-16-5-4-8-20(16,2)9-7-17(19)21/h14-19,23H,4-12H2,1-3H3/t14-,15+,16+,17+,18-,19+,20+,21+/m1/s1. The van der Waals surface area contributed by atoms with Crippen LogP contribution in [-0.2, 0) is 9.53 Å². The topological polar surface area (TPSA) is 46.5 Å². The van der Waals surface area contributed by atoms with E-state index in [9.17, 15) is 9.90 Å². The molecule has 0 unspecified atom stereocenters. The molecule has 4 fully saturated rings. The minimum absolute atomic E-state index is 0.0738. The van der Waals surface area contributed by atoms with Gasteiger partial charge >= 0.3 is 5.97 Å². The van der Waals surface area contributed by atoms with Gasteiger partial charge in [0.05, 0.1) is 6.10 Å². The molecule has 3 nitrogen and oxygen atoms in total. The van der Waals surface area contributed by atoms with Crippen molar-refractivity contribution in [2.75, 3.05) is 0 Å². The van der Waals surface area contributed by atoms with Crippen molar-refractivity contribution < 1.29 is 14.6 Å². The Morgan fingerprint density at radius 1 is 1.04 bits per heavy atom. The summed E-state index contributed by atoms with van der Waals surface area (Å²) in [6.07, 6.45) is 10.7. The van der Waals surface area contributed by atoms with E-state index in [0.717, 1.165) is 31.6 Å². The Bertz CT molecular complexity index is 517. The molecule has 0 saturated heterocycles. The molecule has 0 aliphatic heterocycles. The number of carbonyl (C=O) groups excluding carboxylic acids is 1. The van der Waals surface area contributed by atoms with Crippen LogP contribution in [0.1, 0.15) is 78.6 Å². The molecule has 3 heteroatoms. The third-order valence-corrected chi connectivity index (χ3v) is 8.75. The van der Waals surface area contributed by atoms with Gasteiger partial charge < -0.3 is 9.84 Å². The summed E-state index contributed by atoms with van der Waals surface area (Å²) in [7, 11) is 0. The molecule has 0 aromatic carbocycles. The Kier molecular flexibility index (Phi) is 4.02. The highest BCUT2D eigenvalue weighted by Gasteiger charge is 2.60. The number of aliphatic hydroxyl groups excluding tert-OH is 1. The molecule has 136 valence electrons. The van der Waals surface area contributed by atoms with Gasteiger partial charge in [-0.15, -0.1) is 0 Å². The van der Waals surface area contributed by atoms with Gasteiger partial charge in [0, 0.05) is 6.92 Å². The molecule has 24 heavy (non-hydrogen) atoms. The van der Waals surface area contributed by atoms with Crippen LogP contribution in [0.15, 0.2) is 0 Å². The van der Waals surface area contributed by atoms with Crippen molar-refractivity contribution >= 4 is 5.97 Å². The van der Waals surface area contributed by atoms with Gasteiger partial charge in [0.15, 0.2) is 0 Å². The van der Waals surface area contributed by atoms with E-state index in [-0.39, 0.29) is 18.2 Å². The maximum absolute atomic E-state index is 11.3. The van der Waals surface area contributed by atoms with Gasteiger partial charge in [-0.2, -0.15) is 0 Å². The molecule has 4 saturated carbocycles. The second kappa shape index (κ2) is 5.72. The fourth-order valence-electron chi connectivity index (χ4n) is 7.52. The quantitative estimate of drug-likeness (QED) is 0.726. The number of hydrogen-bond acceptors (Lipinski definition) is 3. The zero-order valence-electron chi connectivity index (χ0n) is 15.6. The molecule has 0 aromatic heterocycles. The second-order valence-corrected chi connectivity index (χ2v) is 9.89. The summed E-state index contributed by atoms with van der Waals surface area (Å²) in [4.78, 5) is 11.3. The first-order chi connectivity index (χ1) is 11.3.